The van der Waals surface area contributed by atoms with Crippen LogP contribution in [0.25, 0.3) is 0 Å². The molecular formula is C11H18N4. The lowest BCUT2D eigenvalue weighted by Gasteiger charge is -2.30. The highest BCUT2D eigenvalue weighted by atomic mass is 15.1. The van der Waals surface area contributed by atoms with Gasteiger partial charge in [0.15, 0.2) is 0 Å². The first-order valence-corrected chi connectivity index (χ1v) is 5.39. The smallest absolute Gasteiger partial charge is 0.0549 e. The van der Waals surface area contributed by atoms with Crippen molar-refractivity contribution in [2.45, 2.75) is 18.9 Å². The van der Waals surface area contributed by atoms with E-state index in [0.29, 0.717) is 11.7 Å². The average Bonchev–Trinajstić information content (AvgIpc) is 2.22. The number of hydrogen-bond donors (Lipinski definition) is 2. The van der Waals surface area contributed by atoms with Gasteiger partial charge in [0.1, 0.15) is 0 Å². The molecule has 1 aliphatic rings. The maximum Gasteiger partial charge on any atom is 0.0549 e. The molecule has 0 radical (unpaired) electrons. The maximum absolute atomic E-state index is 5.68. The van der Waals surface area contributed by atoms with E-state index in [2.05, 4.69) is 22.2 Å². The minimum atomic E-state index is 0.560. The summed E-state index contributed by atoms with van der Waals surface area (Å²) in [4.78, 5) is 6.42. The molecule has 0 bridgehead atoms. The number of nitrogens with two attached hydrogens (primary N) is 1. The average molecular weight is 206 g/mol. The lowest BCUT2D eigenvalue weighted by atomic mass is 10.1. The fourth-order valence-electron chi connectivity index (χ4n) is 1.93. The monoisotopic (exact) mass is 206 g/mol. The number of nitrogen functional groups attached to an aromatic ring is 1. The van der Waals surface area contributed by atoms with Crippen LogP contribution in [0.1, 0.15) is 12.8 Å². The molecule has 4 heteroatoms. The lowest BCUT2D eigenvalue weighted by Crippen LogP contribution is -2.36. The SMILES string of the molecule is CN1CCC(Nc2cncc(N)c2)CC1. The summed E-state index contributed by atoms with van der Waals surface area (Å²) in [6, 6.07) is 2.50. The van der Waals surface area contributed by atoms with Crippen LogP contribution in [-0.2, 0) is 0 Å². The van der Waals surface area contributed by atoms with Crippen LogP contribution in [0.3, 0.4) is 0 Å². The predicted molar refractivity (Wildman–Crippen MR) is 62.8 cm³/mol. The molecular weight excluding hydrogens is 188 g/mol. The van der Waals surface area contributed by atoms with Gasteiger partial charge < -0.3 is 16.0 Å². The van der Waals surface area contributed by atoms with E-state index >= 15 is 0 Å². The summed E-state index contributed by atoms with van der Waals surface area (Å²) in [7, 11) is 2.16. The molecule has 0 aliphatic carbocycles. The highest BCUT2D eigenvalue weighted by molar-refractivity contribution is 5.51. The summed E-state index contributed by atoms with van der Waals surface area (Å²) in [6.45, 7) is 2.32. The molecule has 15 heavy (non-hydrogen) atoms. The molecule has 2 rings (SSSR count). The molecule has 1 aromatic heterocycles. The predicted octanol–water partition coefficient (Wildman–Crippen LogP) is 1.17. The van der Waals surface area contributed by atoms with Crippen LogP contribution in [0.15, 0.2) is 18.5 Å². The second-order valence-electron chi connectivity index (χ2n) is 4.23. The molecule has 82 valence electrons. The van der Waals surface area contributed by atoms with E-state index in [0.717, 1.165) is 18.8 Å². The maximum atomic E-state index is 5.68. The van der Waals surface area contributed by atoms with E-state index < -0.39 is 0 Å². The number of nitrogens with zero attached hydrogens (tertiary/aromatic N) is 2. The van der Waals surface area contributed by atoms with Crippen LogP contribution in [0.2, 0.25) is 0 Å². The second kappa shape index (κ2) is 4.49. The van der Waals surface area contributed by atoms with E-state index in [-0.39, 0.29) is 0 Å². The van der Waals surface area contributed by atoms with Crippen molar-refractivity contribution in [3.05, 3.63) is 18.5 Å². The van der Waals surface area contributed by atoms with Gasteiger partial charge in [0.25, 0.3) is 0 Å². The zero-order valence-electron chi connectivity index (χ0n) is 9.11. The fraction of sp³-hybridized carbons (Fsp3) is 0.545. The van der Waals surface area contributed by atoms with Gasteiger partial charge in [0.05, 0.1) is 17.6 Å². The number of aromatic nitrogens is 1. The molecule has 0 amide bonds. The summed E-state index contributed by atoms with van der Waals surface area (Å²) in [5.41, 5.74) is 7.42. The molecule has 2 heterocycles. The van der Waals surface area contributed by atoms with Gasteiger partial charge >= 0.3 is 0 Å². The van der Waals surface area contributed by atoms with Gasteiger partial charge in [-0.05, 0) is 39.0 Å². The summed E-state index contributed by atoms with van der Waals surface area (Å²) >= 11 is 0. The fourth-order valence-corrected chi connectivity index (χ4v) is 1.93. The zero-order chi connectivity index (χ0) is 10.7. The first-order chi connectivity index (χ1) is 7.24. The molecule has 0 spiro atoms. The Morgan fingerprint density at radius 3 is 2.80 bits per heavy atom. The van der Waals surface area contributed by atoms with Crippen molar-refractivity contribution in [3.63, 3.8) is 0 Å². The van der Waals surface area contributed by atoms with Crippen molar-refractivity contribution in [1.29, 1.82) is 0 Å². The van der Waals surface area contributed by atoms with Crippen LogP contribution < -0.4 is 11.1 Å². The van der Waals surface area contributed by atoms with Crippen molar-refractivity contribution >= 4 is 11.4 Å². The number of piperidine rings is 1. The topological polar surface area (TPSA) is 54.2 Å². The first-order valence-electron chi connectivity index (χ1n) is 5.39. The van der Waals surface area contributed by atoms with Gasteiger partial charge in [-0.2, -0.15) is 0 Å². The van der Waals surface area contributed by atoms with Gasteiger partial charge in [-0.15, -0.1) is 0 Å². The molecule has 0 saturated carbocycles. The molecule has 0 atom stereocenters. The highest BCUT2D eigenvalue weighted by Crippen LogP contribution is 2.16. The van der Waals surface area contributed by atoms with Crippen molar-refractivity contribution < 1.29 is 0 Å². The quantitative estimate of drug-likeness (QED) is 0.762. The Kier molecular flexibility index (Phi) is 3.06. The van der Waals surface area contributed by atoms with E-state index in [1.165, 1.54) is 12.8 Å². The van der Waals surface area contributed by atoms with Crippen molar-refractivity contribution in [1.82, 2.24) is 9.88 Å². The number of pyridine rings is 1. The Morgan fingerprint density at radius 2 is 2.13 bits per heavy atom. The largest absolute Gasteiger partial charge is 0.397 e. The number of hydrogen-bond acceptors (Lipinski definition) is 4. The van der Waals surface area contributed by atoms with Crippen LogP contribution in [-0.4, -0.2) is 36.1 Å². The van der Waals surface area contributed by atoms with Crippen LogP contribution in [0, 0.1) is 0 Å². The van der Waals surface area contributed by atoms with Gasteiger partial charge in [-0.1, -0.05) is 0 Å². The van der Waals surface area contributed by atoms with E-state index in [1.807, 2.05) is 12.3 Å². The third-order valence-electron chi connectivity index (χ3n) is 2.85. The molecule has 4 nitrogen and oxygen atoms in total. The number of likely N-dealkylation sites (tertiary alicyclic amines) is 1. The summed E-state index contributed by atoms with van der Waals surface area (Å²) in [5.74, 6) is 0. The third-order valence-corrected chi connectivity index (χ3v) is 2.85. The van der Waals surface area contributed by atoms with E-state index in [9.17, 15) is 0 Å². The second-order valence-corrected chi connectivity index (χ2v) is 4.23. The summed E-state index contributed by atoms with van der Waals surface area (Å²) in [6.07, 6.45) is 5.87. The standard InChI is InChI=1S/C11H18N4/c1-15-4-2-10(3-5-15)14-11-6-9(12)7-13-8-11/h6-8,10,14H,2-5,12H2,1H3. The molecule has 1 fully saturated rings. The minimum absolute atomic E-state index is 0.560. The molecule has 0 aromatic carbocycles. The molecule has 1 aliphatic heterocycles. The Labute approximate surface area is 90.5 Å². The molecule has 3 N–H and O–H groups in total. The van der Waals surface area contributed by atoms with Gasteiger partial charge in [-0.25, -0.2) is 0 Å². The zero-order valence-corrected chi connectivity index (χ0v) is 9.11. The Bertz CT molecular complexity index is 318. The number of nitrogens with one attached hydrogen (secondary N) is 1. The van der Waals surface area contributed by atoms with Gasteiger partial charge in [0.2, 0.25) is 0 Å². The first kappa shape index (κ1) is 10.2. The van der Waals surface area contributed by atoms with Crippen LogP contribution in [0.4, 0.5) is 11.4 Å². The Hall–Kier alpha value is -1.29. The van der Waals surface area contributed by atoms with Crippen molar-refractivity contribution in [2.24, 2.45) is 0 Å². The Morgan fingerprint density at radius 1 is 1.40 bits per heavy atom. The number of anilines is 2. The summed E-state index contributed by atoms with van der Waals surface area (Å²) < 4.78 is 0. The van der Waals surface area contributed by atoms with Gasteiger partial charge in [-0.3, -0.25) is 4.98 Å². The highest BCUT2D eigenvalue weighted by Gasteiger charge is 2.16. The molecule has 0 unspecified atom stereocenters. The molecule has 1 aromatic rings. The number of rotatable bonds is 2. The molecule has 1 saturated heterocycles. The normalized spacial score (nSPS) is 19.0. The van der Waals surface area contributed by atoms with E-state index in [1.54, 1.807) is 6.20 Å². The van der Waals surface area contributed by atoms with Crippen molar-refractivity contribution in [3.8, 4) is 0 Å². The minimum Gasteiger partial charge on any atom is -0.397 e. The van der Waals surface area contributed by atoms with Crippen LogP contribution >= 0.6 is 0 Å². The van der Waals surface area contributed by atoms with Gasteiger partial charge in [0, 0.05) is 12.2 Å². The summed E-state index contributed by atoms with van der Waals surface area (Å²) in [5, 5.41) is 3.47. The van der Waals surface area contributed by atoms with Crippen molar-refractivity contribution in [2.75, 3.05) is 31.2 Å². The van der Waals surface area contributed by atoms with Crippen LogP contribution in [0.5, 0.6) is 0 Å². The van der Waals surface area contributed by atoms with E-state index in [4.69, 9.17) is 5.73 Å². The Balaban J connectivity index is 1.92. The lowest BCUT2D eigenvalue weighted by molar-refractivity contribution is 0.264. The third kappa shape index (κ3) is 2.83.